The van der Waals surface area contributed by atoms with Gasteiger partial charge >= 0.3 is 5.97 Å². The van der Waals surface area contributed by atoms with Crippen LogP contribution in [0.15, 0.2) is 5.10 Å². The summed E-state index contributed by atoms with van der Waals surface area (Å²) >= 11 is 0. The Morgan fingerprint density at radius 1 is 1.28 bits per heavy atom. The molecule has 4 nitrogen and oxygen atoms in total. The van der Waals surface area contributed by atoms with Crippen molar-refractivity contribution in [1.29, 1.82) is 0 Å². The number of hydrazone groups is 1. The zero-order chi connectivity index (χ0) is 14.2. The van der Waals surface area contributed by atoms with Crippen molar-refractivity contribution in [1.82, 2.24) is 5.43 Å². The molecular weight excluding hydrogens is 228 g/mol. The Morgan fingerprint density at radius 3 is 2.11 bits per heavy atom. The maximum atomic E-state index is 11.8. The Hall–Kier alpha value is -1.06. The van der Waals surface area contributed by atoms with Crippen molar-refractivity contribution in [2.24, 2.45) is 15.9 Å². The van der Waals surface area contributed by atoms with E-state index in [2.05, 4.69) is 52.1 Å². The smallest absolute Gasteiger partial charge is 0.354 e. The average molecular weight is 254 g/mol. The van der Waals surface area contributed by atoms with Gasteiger partial charge in [-0.1, -0.05) is 41.5 Å². The number of hydrogen-bond donors (Lipinski definition) is 1. The number of ether oxygens (including phenoxy) is 1. The fraction of sp³-hybridized carbons (Fsp3) is 0.857. The van der Waals surface area contributed by atoms with Gasteiger partial charge in [-0.2, -0.15) is 5.10 Å². The number of nitrogens with zero attached hydrogens (tertiary/aromatic N) is 1. The largest absolute Gasteiger partial charge is 0.461 e. The third-order valence-electron chi connectivity index (χ3n) is 3.89. The van der Waals surface area contributed by atoms with Gasteiger partial charge in [0.25, 0.3) is 0 Å². The van der Waals surface area contributed by atoms with Crippen LogP contribution in [-0.4, -0.2) is 23.8 Å². The van der Waals surface area contributed by atoms with Gasteiger partial charge in [0.15, 0.2) is 0 Å². The molecule has 0 spiro atoms. The molecule has 18 heavy (non-hydrogen) atoms. The van der Waals surface area contributed by atoms with Crippen LogP contribution in [0.3, 0.4) is 0 Å². The van der Waals surface area contributed by atoms with Crippen molar-refractivity contribution in [2.75, 3.05) is 6.61 Å². The molecule has 0 aromatic carbocycles. The molecule has 0 saturated heterocycles. The molecule has 1 rings (SSSR count). The van der Waals surface area contributed by atoms with Gasteiger partial charge in [-0.3, -0.25) is 0 Å². The van der Waals surface area contributed by atoms with Crippen LogP contribution in [0.2, 0.25) is 0 Å². The van der Waals surface area contributed by atoms with Crippen molar-refractivity contribution >= 4 is 11.7 Å². The van der Waals surface area contributed by atoms with Gasteiger partial charge in [0.1, 0.15) is 5.71 Å². The normalized spacial score (nSPS) is 19.2. The number of carbonyl (C=O) groups excluding carboxylic acids is 1. The maximum absolute atomic E-state index is 11.8. The van der Waals surface area contributed by atoms with Gasteiger partial charge in [0, 0.05) is 6.42 Å². The first-order chi connectivity index (χ1) is 8.05. The summed E-state index contributed by atoms with van der Waals surface area (Å²) in [5.41, 5.74) is 3.47. The van der Waals surface area contributed by atoms with Crippen molar-refractivity contribution in [3.8, 4) is 0 Å². The van der Waals surface area contributed by atoms with Gasteiger partial charge in [0.2, 0.25) is 0 Å². The van der Waals surface area contributed by atoms with E-state index in [1.54, 1.807) is 0 Å². The molecule has 0 atom stereocenters. The molecule has 0 aromatic rings. The number of hydrogen-bond acceptors (Lipinski definition) is 4. The lowest BCUT2D eigenvalue weighted by molar-refractivity contribution is -0.135. The van der Waals surface area contributed by atoms with Crippen LogP contribution in [0.25, 0.3) is 0 Å². The standard InChI is InChI=1S/C14H26N2O2/c1-8-18-11(17)10-9-14(16-15-10,12(2,3)4)13(5,6)7/h16H,8-9H2,1-7H3. The SMILES string of the molecule is CCOC(=O)C1=NNC(C(C)(C)C)(C(C)(C)C)C1. The molecule has 1 aliphatic heterocycles. The monoisotopic (exact) mass is 254 g/mol. The fourth-order valence-corrected chi connectivity index (χ4v) is 2.82. The summed E-state index contributed by atoms with van der Waals surface area (Å²) in [5.74, 6) is -0.305. The first kappa shape index (κ1) is 15.0. The minimum Gasteiger partial charge on any atom is -0.461 e. The molecule has 1 aliphatic rings. The zero-order valence-corrected chi connectivity index (χ0v) is 12.7. The van der Waals surface area contributed by atoms with Crippen LogP contribution in [-0.2, 0) is 9.53 Å². The summed E-state index contributed by atoms with van der Waals surface area (Å²) in [6.07, 6.45) is 0.610. The molecule has 104 valence electrons. The molecule has 0 bridgehead atoms. The second kappa shape index (κ2) is 4.56. The summed E-state index contributed by atoms with van der Waals surface area (Å²) in [4.78, 5) is 11.8. The highest BCUT2D eigenvalue weighted by atomic mass is 16.5. The minimum absolute atomic E-state index is 0.0109. The van der Waals surface area contributed by atoms with Crippen molar-refractivity contribution in [3.63, 3.8) is 0 Å². The Bertz CT molecular complexity index is 345. The highest BCUT2D eigenvalue weighted by Gasteiger charge is 2.54. The van der Waals surface area contributed by atoms with Gasteiger partial charge in [-0.15, -0.1) is 0 Å². The Balaban J connectivity index is 3.00. The molecule has 0 aromatic heterocycles. The molecule has 0 radical (unpaired) electrons. The first-order valence-electron chi connectivity index (χ1n) is 6.56. The van der Waals surface area contributed by atoms with E-state index in [0.717, 1.165) is 0 Å². The predicted octanol–water partition coefficient (Wildman–Crippen LogP) is 2.73. The van der Waals surface area contributed by atoms with E-state index in [0.29, 0.717) is 18.7 Å². The fourth-order valence-electron chi connectivity index (χ4n) is 2.82. The first-order valence-corrected chi connectivity index (χ1v) is 6.56. The van der Waals surface area contributed by atoms with E-state index >= 15 is 0 Å². The van der Waals surface area contributed by atoms with Crippen LogP contribution >= 0.6 is 0 Å². The minimum atomic E-state index is -0.305. The second-order valence-corrected chi connectivity index (χ2v) is 6.97. The number of nitrogens with one attached hydrogen (secondary N) is 1. The van der Waals surface area contributed by atoms with Crippen LogP contribution < -0.4 is 5.43 Å². The Morgan fingerprint density at radius 2 is 1.78 bits per heavy atom. The summed E-state index contributed by atoms with van der Waals surface area (Å²) in [6, 6.07) is 0. The molecule has 0 saturated carbocycles. The summed E-state index contributed by atoms with van der Waals surface area (Å²) in [7, 11) is 0. The topological polar surface area (TPSA) is 50.7 Å². The van der Waals surface area contributed by atoms with E-state index < -0.39 is 0 Å². The van der Waals surface area contributed by atoms with E-state index in [9.17, 15) is 4.79 Å². The van der Waals surface area contributed by atoms with E-state index in [-0.39, 0.29) is 22.3 Å². The van der Waals surface area contributed by atoms with Gasteiger partial charge in [-0.05, 0) is 17.8 Å². The third kappa shape index (κ3) is 2.38. The molecule has 1 heterocycles. The molecule has 1 N–H and O–H groups in total. The Labute approximate surface area is 110 Å². The molecule has 0 amide bonds. The van der Waals surface area contributed by atoms with Crippen LogP contribution in [0.1, 0.15) is 54.9 Å². The van der Waals surface area contributed by atoms with Crippen LogP contribution in [0.4, 0.5) is 0 Å². The van der Waals surface area contributed by atoms with E-state index in [1.807, 2.05) is 6.92 Å². The zero-order valence-electron chi connectivity index (χ0n) is 12.7. The highest BCUT2D eigenvalue weighted by Crippen LogP contribution is 2.48. The van der Waals surface area contributed by atoms with Gasteiger partial charge in [0.05, 0.1) is 12.1 Å². The van der Waals surface area contributed by atoms with Crippen molar-refractivity contribution in [2.45, 2.75) is 60.4 Å². The number of rotatable bonds is 2. The predicted molar refractivity (Wildman–Crippen MR) is 73.5 cm³/mol. The van der Waals surface area contributed by atoms with Crippen molar-refractivity contribution in [3.05, 3.63) is 0 Å². The molecule has 0 fully saturated rings. The second-order valence-electron chi connectivity index (χ2n) is 6.97. The van der Waals surface area contributed by atoms with Gasteiger partial charge < -0.3 is 10.2 Å². The van der Waals surface area contributed by atoms with Crippen LogP contribution in [0, 0.1) is 10.8 Å². The molecule has 0 unspecified atom stereocenters. The molecular formula is C14H26N2O2. The quantitative estimate of drug-likeness (QED) is 0.771. The van der Waals surface area contributed by atoms with Crippen LogP contribution in [0.5, 0.6) is 0 Å². The van der Waals surface area contributed by atoms with E-state index in [1.165, 1.54) is 0 Å². The van der Waals surface area contributed by atoms with E-state index in [4.69, 9.17) is 4.74 Å². The summed E-state index contributed by atoms with van der Waals surface area (Å²) < 4.78 is 5.03. The lowest BCUT2D eigenvalue weighted by Crippen LogP contribution is -2.59. The third-order valence-corrected chi connectivity index (χ3v) is 3.89. The maximum Gasteiger partial charge on any atom is 0.354 e. The average Bonchev–Trinajstić information content (AvgIpc) is 2.61. The Kier molecular flexibility index (Phi) is 3.80. The molecule has 0 aliphatic carbocycles. The number of esters is 1. The van der Waals surface area contributed by atoms with Crippen molar-refractivity contribution < 1.29 is 9.53 Å². The summed E-state index contributed by atoms with van der Waals surface area (Å²) in [6.45, 7) is 15.2. The lowest BCUT2D eigenvalue weighted by Gasteiger charge is -2.50. The highest BCUT2D eigenvalue weighted by molar-refractivity contribution is 6.37. The number of carbonyl (C=O) groups is 1. The lowest BCUT2D eigenvalue weighted by atomic mass is 9.59. The summed E-state index contributed by atoms with van der Waals surface area (Å²) in [5, 5.41) is 4.23. The molecule has 4 heteroatoms. The van der Waals surface area contributed by atoms with Gasteiger partial charge in [-0.25, -0.2) is 4.79 Å².